The lowest BCUT2D eigenvalue weighted by Gasteiger charge is -2.43. The Morgan fingerprint density at radius 1 is 1.02 bits per heavy atom. The zero-order valence-corrected chi connectivity index (χ0v) is 29.8. The molecule has 0 radical (unpaired) electrons. The van der Waals surface area contributed by atoms with E-state index in [4.69, 9.17) is 28.2 Å². The van der Waals surface area contributed by atoms with Crippen molar-refractivity contribution in [3.05, 3.63) is 80.3 Å². The first-order valence-electron chi connectivity index (χ1n) is 16.8. The molecule has 250 valence electrons. The number of rotatable bonds is 7. The molecule has 2 saturated heterocycles. The summed E-state index contributed by atoms with van der Waals surface area (Å²) in [5.74, 6) is -0.000304. The second-order valence-electron chi connectivity index (χ2n) is 14.2. The summed E-state index contributed by atoms with van der Waals surface area (Å²) < 4.78 is 0. The average Bonchev–Trinajstić information content (AvgIpc) is 3.40. The number of β-amino-alcohol motifs (C(OH)–C–C–N with tert-alkyl or cyclic N) is 1. The molecule has 1 N–H and O–H groups in total. The molecule has 47 heavy (non-hydrogen) atoms. The highest BCUT2D eigenvalue weighted by Gasteiger charge is 2.56. The lowest BCUT2D eigenvalue weighted by atomic mass is 9.81. The molecule has 8 nitrogen and oxygen atoms in total. The third-order valence-corrected chi connectivity index (χ3v) is 12.4. The molecule has 0 aromatic heterocycles. The van der Waals surface area contributed by atoms with Crippen LogP contribution in [-0.2, 0) is 15.1 Å². The van der Waals surface area contributed by atoms with Gasteiger partial charge in [0, 0.05) is 53.5 Å². The van der Waals surface area contributed by atoms with Gasteiger partial charge in [-0.25, -0.2) is 4.99 Å². The number of hydrogen-bond acceptors (Lipinski definition) is 7. The van der Waals surface area contributed by atoms with Gasteiger partial charge in [0.05, 0.1) is 12.6 Å². The number of nitrogens with zero attached hydrogens (tertiary/aromatic N) is 5. The summed E-state index contributed by atoms with van der Waals surface area (Å²) in [5.41, 5.74) is 2.37. The monoisotopic (exact) mass is 695 g/mol. The first-order chi connectivity index (χ1) is 22.5. The number of fused-ring (bicyclic) bond motifs is 1. The minimum absolute atomic E-state index is 0.0133. The summed E-state index contributed by atoms with van der Waals surface area (Å²) in [7, 11) is 0. The van der Waals surface area contributed by atoms with Crippen molar-refractivity contribution in [3.63, 3.8) is 0 Å². The average molecular weight is 697 g/mol. The highest BCUT2D eigenvalue weighted by Crippen LogP contribution is 2.56. The summed E-state index contributed by atoms with van der Waals surface area (Å²) in [4.78, 5) is 43.4. The molecule has 2 aromatic rings. The van der Waals surface area contributed by atoms with Gasteiger partial charge in [-0.05, 0) is 92.6 Å². The predicted molar refractivity (Wildman–Crippen MR) is 188 cm³/mol. The third kappa shape index (κ3) is 5.60. The van der Waals surface area contributed by atoms with Crippen LogP contribution in [0.1, 0.15) is 70.5 Å². The highest BCUT2D eigenvalue weighted by atomic mass is 35.5. The van der Waals surface area contributed by atoms with Crippen LogP contribution in [0.5, 0.6) is 0 Å². The van der Waals surface area contributed by atoms with Crippen LogP contribution in [0.3, 0.4) is 0 Å². The summed E-state index contributed by atoms with van der Waals surface area (Å²) in [6.07, 6.45) is 3.55. The van der Waals surface area contributed by atoms with Crippen LogP contribution in [0.15, 0.2) is 64.1 Å². The molecule has 0 bridgehead atoms. The van der Waals surface area contributed by atoms with E-state index in [0.717, 1.165) is 47.8 Å². The summed E-state index contributed by atoms with van der Waals surface area (Å²) in [6.45, 7) is 11.3. The zero-order chi connectivity index (χ0) is 33.2. The van der Waals surface area contributed by atoms with E-state index in [2.05, 4.69) is 37.5 Å². The normalized spacial score (nSPS) is 28.5. The van der Waals surface area contributed by atoms with Crippen LogP contribution in [0.4, 0.5) is 0 Å². The molecule has 0 unspecified atom stereocenters. The Morgan fingerprint density at radius 2 is 1.68 bits per heavy atom. The summed E-state index contributed by atoms with van der Waals surface area (Å²) in [5, 5.41) is 11.7. The second kappa shape index (κ2) is 12.4. The van der Waals surface area contributed by atoms with Crippen molar-refractivity contribution >= 4 is 51.9 Å². The molecule has 2 amide bonds. The number of hydrogen-bond donors (Lipinski definition) is 1. The number of aliphatic imine (C=N–C) groups is 1. The van der Waals surface area contributed by atoms with Crippen LogP contribution in [0, 0.1) is 5.92 Å². The van der Waals surface area contributed by atoms with E-state index in [1.54, 1.807) is 0 Å². The van der Waals surface area contributed by atoms with Crippen LogP contribution in [0.25, 0.3) is 0 Å². The van der Waals surface area contributed by atoms with Gasteiger partial charge in [0.1, 0.15) is 16.5 Å². The number of amides is 2. The smallest absolute Gasteiger partial charge is 0.263 e. The summed E-state index contributed by atoms with van der Waals surface area (Å²) >= 11 is 14.1. The van der Waals surface area contributed by atoms with Crippen molar-refractivity contribution in [2.45, 2.75) is 82.6 Å². The highest BCUT2D eigenvalue weighted by molar-refractivity contribution is 8.18. The summed E-state index contributed by atoms with van der Waals surface area (Å²) in [6, 6.07) is 15.0. The number of carbonyl (C=O) groups excluding carboxylic acids is 2. The maximum Gasteiger partial charge on any atom is 0.263 e. The molecule has 4 heterocycles. The van der Waals surface area contributed by atoms with Crippen LogP contribution < -0.4 is 0 Å². The Labute approximate surface area is 291 Å². The number of halogens is 2. The van der Waals surface area contributed by atoms with Crippen molar-refractivity contribution in [1.29, 1.82) is 0 Å². The number of likely N-dealkylation sites (tertiary alicyclic amines) is 1. The number of benzene rings is 2. The molecule has 3 fully saturated rings. The van der Waals surface area contributed by atoms with E-state index in [9.17, 15) is 14.7 Å². The lowest BCUT2D eigenvalue weighted by molar-refractivity contribution is -0.145. The Balaban J connectivity index is 1.22. The quantitative estimate of drug-likeness (QED) is 0.367. The van der Waals surface area contributed by atoms with Gasteiger partial charge in [-0.15, -0.1) is 0 Å². The number of thioether (sulfide) groups is 1. The van der Waals surface area contributed by atoms with E-state index >= 15 is 0 Å². The molecule has 1 spiro atoms. The van der Waals surface area contributed by atoms with Crippen LogP contribution in [-0.4, -0.2) is 92.1 Å². The third-order valence-electron chi connectivity index (χ3n) is 10.9. The fraction of sp³-hybridized carbons (Fsp3) is 0.528. The first-order valence-corrected chi connectivity index (χ1v) is 18.3. The maximum atomic E-state index is 14.8. The number of aliphatic hydroxyl groups excluding tert-OH is 1. The molecule has 1 aliphatic carbocycles. The maximum absolute atomic E-state index is 14.8. The fourth-order valence-corrected chi connectivity index (χ4v) is 9.85. The van der Waals surface area contributed by atoms with E-state index in [-0.39, 0.29) is 42.0 Å². The zero-order valence-electron chi connectivity index (χ0n) is 27.5. The van der Waals surface area contributed by atoms with E-state index in [1.807, 2.05) is 58.3 Å². The van der Waals surface area contributed by atoms with E-state index < -0.39 is 11.6 Å². The first kappa shape index (κ1) is 33.0. The SMILES string of the molecule is CC(C)C1=C(C(=O)N2[C@H](C)CC[C@@H]2C(=O)N2CCN(CCO)C3(CC3)C2)SC2=N[C@@](C)(c3ccc(Cl)cc3)[C@@H](c3ccc(Cl)cc3)N21. The topological polar surface area (TPSA) is 79.7 Å². The fourth-order valence-electron chi connectivity index (χ4n) is 8.25. The van der Waals surface area contributed by atoms with Gasteiger partial charge in [-0.1, -0.05) is 61.3 Å². The molecule has 2 aromatic carbocycles. The second-order valence-corrected chi connectivity index (χ2v) is 16.0. The standard InChI is InChI=1S/C36H43Cl2N5O3S/c1-22(2)29-30(33(46)42-23(3)5-14-28(42)32(45)40-17-18-41(19-20-44)36(21-40)15-16-36)47-34-39-35(4,25-8-12-27(38)13-9-25)31(43(29)34)24-6-10-26(37)11-7-24/h6-13,22-23,28,31,44H,5,14-21H2,1-4H3/t23-,28-,31-,35+/m1/s1. The molecule has 1 saturated carbocycles. The molecule has 5 aliphatic rings. The van der Waals surface area contributed by atoms with Gasteiger partial charge >= 0.3 is 0 Å². The van der Waals surface area contributed by atoms with Gasteiger partial charge in [-0.2, -0.15) is 0 Å². The van der Waals surface area contributed by atoms with Crippen molar-refractivity contribution in [2.24, 2.45) is 10.9 Å². The minimum Gasteiger partial charge on any atom is -0.395 e. The van der Waals surface area contributed by atoms with Crippen molar-refractivity contribution < 1.29 is 14.7 Å². The number of carbonyl (C=O) groups is 2. The van der Waals surface area contributed by atoms with Gasteiger partial charge in [0.15, 0.2) is 5.17 Å². The van der Waals surface area contributed by atoms with Crippen molar-refractivity contribution in [2.75, 3.05) is 32.8 Å². The molecular formula is C36H43Cl2N5O3S. The van der Waals surface area contributed by atoms with Gasteiger partial charge in [0.2, 0.25) is 5.91 Å². The van der Waals surface area contributed by atoms with Crippen LogP contribution in [0.2, 0.25) is 10.0 Å². The molecule has 7 rings (SSSR count). The number of amidine groups is 1. The van der Waals surface area contributed by atoms with Gasteiger partial charge in [0.25, 0.3) is 5.91 Å². The molecular weight excluding hydrogens is 653 g/mol. The van der Waals surface area contributed by atoms with E-state index in [1.165, 1.54) is 11.8 Å². The van der Waals surface area contributed by atoms with Crippen molar-refractivity contribution in [1.82, 2.24) is 19.6 Å². The predicted octanol–water partition coefficient (Wildman–Crippen LogP) is 6.28. The Hall–Kier alpha value is -2.56. The number of piperazine rings is 1. The minimum atomic E-state index is -0.647. The van der Waals surface area contributed by atoms with Crippen LogP contribution >= 0.6 is 35.0 Å². The lowest BCUT2D eigenvalue weighted by Crippen LogP contribution is -2.60. The Morgan fingerprint density at radius 3 is 2.30 bits per heavy atom. The molecule has 4 atom stereocenters. The van der Waals surface area contributed by atoms with Gasteiger partial charge < -0.3 is 19.8 Å². The molecule has 11 heteroatoms. The Kier molecular flexibility index (Phi) is 8.69. The van der Waals surface area contributed by atoms with E-state index in [0.29, 0.717) is 41.0 Å². The molecule has 4 aliphatic heterocycles. The number of allylic oxidation sites excluding steroid dienone is 1. The number of aliphatic hydroxyl groups is 1. The largest absolute Gasteiger partial charge is 0.395 e. The Bertz CT molecular complexity index is 1630. The van der Waals surface area contributed by atoms with Gasteiger partial charge in [-0.3, -0.25) is 14.5 Å². The van der Waals surface area contributed by atoms with Crippen molar-refractivity contribution in [3.8, 4) is 0 Å².